The van der Waals surface area contributed by atoms with E-state index in [1.54, 1.807) is 17.0 Å². The molecule has 0 saturated carbocycles. The van der Waals surface area contributed by atoms with Crippen LogP contribution in [0.15, 0.2) is 22.7 Å². The smallest absolute Gasteiger partial charge is 0.255 e. The van der Waals surface area contributed by atoms with Gasteiger partial charge in [-0.15, -0.1) is 0 Å². The number of halogens is 2. The summed E-state index contributed by atoms with van der Waals surface area (Å²) in [7, 11) is 0. The highest BCUT2D eigenvalue weighted by atomic mass is 79.9. The van der Waals surface area contributed by atoms with Gasteiger partial charge in [-0.05, 0) is 35.0 Å². The topological polar surface area (TPSA) is 32.3 Å². The first-order valence-electron chi connectivity index (χ1n) is 5.57. The Bertz CT molecular complexity index is 439. The van der Waals surface area contributed by atoms with Gasteiger partial charge in [0.05, 0.1) is 10.0 Å². The highest BCUT2D eigenvalue weighted by molar-refractivity contribution is 9.10. The van der Waals surface area contributed by atoms with Crippen LogP contribution in [0.2, 0.25) is 0 Å². The van der Waals surface area contributed by atoms with Gasteiger partial charge < -0.3 is 10.2 Å². The van der Waals surface area contributed by atoms with Crippen molar-refractivity contribution in [2.75, 3.05) is 19.6 Å². The first kappa shape index (κ1) is 12.5. The molecule has 5 heteroatoms. The number of hydrogen-bond donors (Lipinski definition) is 1. The molecule has 1 heterocycles. The van der Waals surface area contributed by atoms with Crippen molar-refractivity contribution in [2.24, 2.45) is 0 Å². The number of benzene rings is 1. The van der Waals surface area contributed by atoms with E-state index in [0.29, 0.717) is 12.1 Å². The Hall–Kier alpha value is -0.940. The van der Waals surface area contributed by atoms with Crippen molar-refractivity contribution in [3.63, 3.8) is 0 Å². The summed E-state index contributed by atoms with van der Waals surface area (Å²) in [6.07, 6.45) is 0. The van der Waals surface area contributed by atoms with Gasteiger partial charge in [0, 0.05) is 25.7 Å². The number of carbonyl (C=O) groups excluding carboxylic acids is 1. The SMILES string of the molecule is C[C@@H]1CNCCN1C(=O)c1cccc(F)c1Br. The van der Waals surface area contributed by atoms with Crippen molar-refractivity contribution < 1.29 is 9.18 Å². The molecule has 1 aliphatic heterocycles. The Labute approximate surface area is 108 Å². The van der Waals surface area contributed by atoms with Crippen LogP contribution >= 0.6 is 15.9 Å². The number of carbonyl (C=O) groups is 1. The van der Waals surface area contributed by atoms with E-state index in [2.05, 4.69) is 21.2 Å². The number of rotatable bonds is 1. The van der Waals surface area contributed by atoms with Gasteiger partial charge in [0.2, 0.25) is 0 Å². The number of piperazine rings is 1. The second kappa shape index (κ2) is 5.14. The van der Waals surface area contributed by atoms with Gasteiger partial charge in [-0.1, -0.05) is 6.07 Å². The van der Waals surface area contributed by atoms with Crippen LogP contribution in [0.4, 0.5) is 4.39 Å². The van der Waals surface area contributed by atoms with Crippen LogP contribution in [0.1, 0.15) is 17.3 Å². The van der Waals surface area contributed by atoms with Crippen molar-refractivity contribution in [1.82, 2.24) is 10.2 Å². The minimum absolute atomic E-state index is 0.120. The second-order valence-electron chi connectivity index (χ2n) is 4.15. The number of nitrogens with one attached hydrogen (secondary N) is 1. The zero-order chi connectivity index (χ0) is 12.4. The van der Waals surface area contributed by atoms with Gasteiger partial charge in [0.1, 0.15) is 5.82 Å². The van der Waals surface area contributed by atoms with Gasteiger partial charge in [-0.2, -0.15) is 0 Å². The molecule has 1 saturated heterocycles. The Kier molecular flexibility index (Phi) is 3.79. The molecule has 92 valence electrons. The highest BCUT2D eigenvalue weighted by Crippen LogP contribution is 2.22. The molecule has 1 amide bonds. The average molecular weight is 301 g/mol. The lowest BCUT2D eigenvalue weighted by molar-refractivity contribution is 0.0654. The Balaban J connectivity index is 2.27. The van der Waals surface area contributed by atoms with E-state index < -0.39 is 5.82 Å². The molecule has 0 unspecified atom stereocenters. The zero-order valence-electron chi connectivity index (χ0n) is 9.54. The summed E-state index contributed by atoms with van der Waals surface area (Å²) in [6, 6.07) is 4.67. The maximum atomic E-state index is 13.4. The van der Waals surface area contributed by atoms with E-state index in [1.165, 1.54) is 6.07 Å². The van der Waals surface area contributed by atoms with Gasteiger partial charge in [-0.3, -0.25) is 4.79 Å². The van der Waals surface area contributed by atoms with Crippen LogP contribution < -0.4 is 5.32 Å². The van der Waals surface area contributed by atoms with E-state index in [0.717, 1.165) is 13.1 Å². The van der Waals surface area contributed by atoms with E-state index in [-0.39, 0.29) is 16.4 Å². The maximum Gasteiger partial charge on any atom is 0.255 e. The standard InChI is InChI=1S/C12H14BrFN2O/c1-8-7-15-5-6-16(8)12(17)9-3-2-4-10(14)11(9)13/h2-4,8,15H,5-7H2,1H3/t8-/m1/s1. The fourth-order valence-corrected chi connectivity index (χ4v) is 2.40. The molecule has 1 fully saturated rings. The Morgan fingerprint density at radius 3 is 3.06 bits per heavy atom. The normalized spacial score (nSPS) is 20.4. The lowest BCUT2D eigenvalue weighted by Gasteiger charge is -2.34. The monoisotopic (exact) mass is 300 g/mol. The molecule has 3 nitrogen and oxygen atoms in total. The fourth-order valence-electron chi connectivity index (χ4n) is 1.97. The fraction of sp³-hybridized carbons (Fsp3) is 0.417. The predicted molar refractivity (Wildman–Crippen MR) is 67.5 cm³/mol. The highest BCUT2D eigenvalue weighted by Gasteiger charge is 2.25. The lowest BCUT2D eigenvalue weighted by atomic mass is 10.1. The van der Waals surface area contributed by atoms with Crippen molar-refractivity contribution in [1.29, 1.82) is 0 Å². The summed E-state index contributed by atoms with van der Waals surface area (Å²) in [4.78, 5) is 14.1. The van der Waals surface area contributed by atoms with Crippen LogP contribution in [-0.2, 0) is 0 Å². The summed E-state index contributed by atoms with van der Waals surface area (Å²) in [6.45, 7) is 4.20. The van der Waals surface area contributed by atoms with Crippen LogP contribution in [0, 0.1) is 5.82 Å². The third-order valence-electron chi connectivity index (χ3n) is 2.94. The first-order valence-corrected chi connectivity index (χ1v) is 6.36. The van der Waals surface area contributed by atoms with Crippen LogP contribution in [-0.4, -0.2) is 36.5 Å². The molecule has 1 atom stereocenters. The second-order valence-corrected chi connectivity index (χ2v) is 4.95. The molecule has 1 aliphatic rings. The quantitative estimate of drug-likeness (QED) is 0.861. The summed E-state index contributed by atoms with van der Waals surface area (Å²) in [5.74, 6) is -0.524. The number of amides is 1. The van der Waals surface area contributed by atoms with Crippen molar-refractivity contribution in [3.8, 4) is 0 Å². The summed E-state index contributed by atoms with van der Waals surface area (Å²) in [5.41, 5.74) is 0.388. The number of hydrogen-bond acceptors (Lipinski definition) is 2. The van der Waals surface area contributed by atoms with E-state index >= 15 is 0 Å². The lowest BCUT2D eigenvalue weighted by Crippen LogP contribution is -2.52. The van der Waals surface area contributed by atoms with E-state index in [1.807, 2.05) is 6.92 Å². The molecule has 1 aromatic rings. The average Bonchev–Trinajstić information content (AvgIpc) is 2.32. The maximum absolute atomic E-state index is 13.4. The van der Waals surface area contributed by atoms with Crippen LogP contribution in [0.3, 0.4) is 0 Å². The number of nitrogens with zero attached hydrogens (tertiary/aromatic N) is 1. The third-order valence-corrected chi connectivity index (χ3v) is 3.75. The molecular weight excluding hydrogens is 287 g/mol. The predicted octanol–water partition coefficient (Wildman–Crippen LogP) is 2.02. The minimum atomic E-state index is -0.404. The van der Waals surface area contributed by atoms with Gasteiger partial charge in [0.25, 0.3) is 5.91 Å². The molecule has 0 radical (unpaired) electrons. The summed E-state index contributed by atoms with van der Waals surface area (Å²) < 4.78 is 13.6. The molecule has 17 heavy (non-hydrogen) atoms. The minimum Gasteiger partial charge on any atom is -0.333 e. The van der Waals surface area contributed by atoms with Crippen LogP contribution in [0.25, 0.3) is 0 Å². The summed E-state index contributed by atoms with van der Waals surface area (Å²) in [5, 5.41) is 3.22. The molecule has 0 aliphatic carbocycles. The van der Waals surface area contributed by atoms with Gasteiger partial charge >= 0.3 is 0 Å². The molecular formula is C12H14BrFN2O. The Morgan fingerprint density at radius 2 is 2.35 bits per heavy atom. The van der Waals surface area contributed by atoms with Gasteiger partial charge in [0.15, 0.2) is 0 Å². The van der Waals surface area contributed by atoms with Crippen LogP contribution in [0.5, 0.6) is 0 Å². The van der Waals surface area contributed by atoms with Crippen molar-refractivity contribution in [2.45, 2.75) is 13.0 Å². The molecule has 0 spiro atoms. The molecule has 0 bridgehead atoms. The molecule has 2 rings (SSSR count). The van der Waals surface area contributed by atoms with Crippen molar-refractivity contribution >= 4 is 21.8 Å². The summed E-state index contributed by atoms with van der Waals surface area (Å²) >= 11 is 3.13. The Morgan fingerprint density at radius 1 is 1.59 bits per heavy atom. The largest absolute Gasteiger partial charge is 0.333 e. The van der Waals surface area contributed by atoms with E-state index in [9.17, 15) is 9.18 Å². The van der Waals surface area contributed by atoms with Crippen molar-refractivity contribution in [3.05, 3.63) is 34.1 Å². The van der Waals surface area contributed by atoms with Gasteiger partial charge in [-0.25, -0.2) is 4.39 Å². The van der Waals surface area contributed by atoms with E-state index in [4.69, 9.17) is 0 Å². The molecule has 1 N–H and O–H groups in total. The third kappa shape index (κ3) is 2.50. The first-order chi connectivity index (χ1) is 8.11. The zero-order valence-corrected chi connectivity index (χ0v) is 11.1. The molecule has 1 aromatic carbocycles. The molecule has 0 aromatic heterocycles.